The van der Waals surface area contributed by atoms with E-state index in [1.165, 1.54) is 0 Å². The number of benzene rings is 3. The molecule has 0 aliphatic rings. The van der Waals surface area contributed by atoms with Crippen LogP contribution in [-0.4, -0.2) is 26.6 Å². The van der Waals surface area contributed by atoms with E-state index in [1.807, 2.05) is 37.3 Å². The number of hydrogen-bond acceptors (Lipinski definition) is 4. The Morgan fingerprint density at radius 3 is 2.38 bits per heavy atom. The molecule has 1 atom stereocenters. The summed E-state index contributed by atoms with van der Waals surface area (Å²) in [6.07, 6.45) is 1.09. The Bertz CT molecular complexity index is 1230. The van der Waals surface area contributed by atoms with E-state index in [1.54, 1.807) is 50.2 Å². The molecular weight excluding hydrogens is 448 g/mol. The van der Waals surface area contributed by atoms with Crippen LogP contribution in [0.15, 0.2) is 66.7 Å². The van der Waals surface area contributed by atoms with E-state index >= 15 is 0 Å². The third kappa shape index (κ3) is 5.60. The lowest BCUT2D eigenvalue weighted by Gasteiger charge is -2.30. The van der Waals surface area contributed by atoms with Crippen molar-refractivity contribution >= 4 is 38.9 Å². The third-order valence-electron chi connectivity index (χ3n) is 4.86. The molecule has 0 aliphatic heterocycles. The van der Waals surface area contributed by atoms with Crippen molar-refractivity contribution < 1.29 is 17.9 Å². The van der Waals surface area contributed by atoms with Gasteiger partial charge in [-0.3, -0.25) is 9.10 Å². The zero-order valence-electron chi connectivity index (χ0n) is 18.3. The minimum atomic E-state index is -3.75. The number of ether oxygens (including phenoxy) is 1. The molecule has 0 aliphatic carbocycles. The highest BCUT2D eigenvalue weighted by molar-refractivity contribution is 7.92. The fourth-order valence-corrected chi connectivity index (χ4v) is 4.68. The van der Waals surface area contributed by atoms with Gasteiger partial charge in [-0.2, -0.15) is 0 Å². The summed E-state index contributed by atoms with van der Waals surface area (Å²) in [4.78, 5) is 13.2. The molecule has 0 aromatic heterocycles. The number of para-hydroxylation sites is 1. The highest BCUT2D eigenvalue weighted by Gasteiger charge is 2.30. The number of amides is 1. The first-order chi connectivity index (χ1) is 15.1. The normalized spacial score (nSPS) is 12.2. The van der Waals surface area contributed by atoms with Gasteiger partial charge in [0.15, 0.2) is 5.75 Å². The number of hydrogen-bond donors (Lipinski definition) is 1. The molecule has 3 rings (SSSR count). The molecule has 0 spiro atoms. The average Bonchev–Trinajstić information content (AvgIpc) is 2.72. The summed E-state index contributed by atoms with van der Waals surface area (Å²) in [6, 6.07) is 18.4. The standard InChI is InChI=1S/C24H25ClN2O4S/c1-16-10-11-17(2)22(14-16)27(32(4,29)30)18(3)24(28)26-21-15-19(25)12-13-23(21)31-20-8-6-5-7-9-20/h5-15,18H,1-4H3,(H,26,28)/t18-/m1/s1. The number of nitrogens with one attached hydrogen (secondary N) is 1. The highest BCUT2D eigenvalue weighted by Crippen LogP contribution is 2.33. The number of anilines is 2. The summed E-state index contributed by atoms with van der Waals surface area (Å²) >= 11 is 6.14. The molecule has 32 heavy (non-hydrogen) atoms. The highest BCUT2D eigenvalue weighted by atomic mass is 35.5. The second-order valence-corrected chi connectivity index (χ2v) is 9.87. The van der Waals surface area contributed by atoms with Gasteiger partial charge in [0, 0.05) is 5.02 Å². The van der Waals surface area contributed by atoms with Crippen LogP contribution in [0.1, 0.15) is 18.1 Å². The van der Waals surface area contributed by atoms with Crippen molar-refractivity contribution in [1.29, 1.82) is 0 Å². The zero-order valence-corrected chi connectivity index (χ0v) is 19.9. The molecule has 0 unspecified atom stereocenters. The van der Waals surface area contributed by atoms with E-state index in [0.717, 1.165) is 21.7 Å². The van der Waals surface area contributed by atoms with E-state index in [-0.39, 0.29) is 0 Å². The van der Waals surface area contributed by atoms with Crippen LogP contribution in [0.25, 0.3) is 0 Å². The van der Waals surface area contributed by atoms with Crippen molar-refractivity contribution in [3.8, 4) is 11.5 Å². The maximum atomic E-state index is 13.2. The fourth-order valence-electron chi connectivity index (χ4n) is 3.28. The largest absolute Gasteiger partial charge is 0.455 e. The number of aryl methyl sites for hydroxylation is 2. The molecule has 3 aromatic carbocycles. The van der Waals surface area contributed by atoms with Crippen LogP contribution in [0.4, 0.5) is 11.4 Å². The van der Waals surface area contributed by atoms with E-state index in [4.69, 9.17) is 16.3 Å². The van der Waals surface area contributed by atoms with Gasteiger partial charge >= 0.3 is 0 Å². The van der Waals surface area contributed by atoms with Gasteiger partial charge in [-0.05, 0) is 68.3 Å². The van der Waals surface area contributed by atoms with Gasteiger partial charge in [-0.1, -0.05) is 41.9 Å². The lowest BCUT2D eigenvalue weighted by atomic mass is 10.1. The van der Waals surface area contributed by atoms with Crippen LogP contribution < -0.4 is 14.4 Å². The lowest BCUT2D eigenvalue weighted by Crippen LogP contribution is -2.45. The third-order valence-corrected chi connectivity index (χ3v) is 6.32. The first kappa shape index (κ1) is 23.6. The molecule has 1 amide bonds. The summed E-state index contributed by atoms with van der Waals surface area (Å²) in [5.74, 6) is 0.460. The molecule has 0 radical (unpaired) electrons. The first-order valence-electron chi connectivity index (χ1n) is 9.96. The SMILES string of the molecule is Cc1ccc(C)c(N([C@H](C)C(=O)Nc2cc(Cl)ccc2Oc2ccccc2)S(C)(=O)=O)c1. The number of halogens is 1. The monoisotopic (exact) mass is 472 g/mol. The Morgan fingerprint density at radius 2 is 1.72 bits per heavy atom. The molecular formula is C24H25ClN2O4S. The molecule has 6 nitrogen and oxygen atoms in total. The molecule has 0 bridgehead atoms. The minimum absolute atomic E-state index is 0.340. The predicted octanol–water partition coefficient (Wildman–Crippen LogP) is 5.54. The van der Waals surface area contributed by atoms with Gasteiger partial charge in [0.2, 0.25) is 15.9 Å². The summed E-state index contributed by atoms with van der Waals surface area (Å²) in [6.45, 7) is 5.22. The van der Waals surface area contributed by atoms with E-state index < -0.39 is 22.0 Å². The predicted molar refractivity (Wildman–Crippen MR) is 129 cm³/mol. The maximum Gasteiger partial charge on any atom is 0.248 e. The quantitative estimate of drug-likeness (QED) is 0.489. The number of carbonyl (C=O) groups excluding carboxylic acids is 1. The van der Waals surface area contributed by atoms with Gasteiger partial charge in [-0.15, -0.1) is 0 Å². The van der Waals surface area contributed by atoms with Crippen molar-refractivity contribution in [3.05, 3.63) is 82.9 Å². The van der Waals surface area contributed by atoms with Crippen LogP contribution in [0.5, 0.6) is 11.5 Å². The zero-order chi connectivity index (χ0) is 23.5. The van der Waals surface area contributed by atoms with Crippen molar-refractivity contribution in [2.45, 2.75) is 26.8 Å². The van der Waals surface area contributed by atoms with Crippen molar-refractivity contribution in [3.63, 3.8) is 0 Å². The van der Waals surface area contributed by atoms with Crippen LogP contribution in [0.3, 0.4) is 0 Å². The molecule has 3 aromatic rings. The molecule has 0 saturated heterocycles. The van der Waals surface area contributed by atoms with Gasteiger partial charge in [-0.25, -0.2) is 8.42 Å². The van der Waals surface area contributed by atoms with E-state index in [9.17, 15) is 13.2 Å². The number of nitrogens with zero attached hydrogens (tertiary/aromatic N) is 1. The molecule has 0 heterocycles. The second kappa shape index (κ2) is 9.63. The van der Waals surface area contributed by atoms with Crippen molar-refractivity contribution in [2.24, 2.45) is 0 Å². The Labute approximate surface area is 193 Å². The molecule has 0 saturated carbocycles. The van der Waals surface area contributed by atoms with Crippen LogP contribution >= 0.6 is 11.6 Å². The first-order valence-corrected chi connectivity index (χ1v) is 12.2. The van der Waals surface area contributed by atoms with Crippen molar-refractivity contribution in [2.75, 3.05) is 15.9 Å². The number of sulfonamides is 1. The fraction of sp³-hybridized carbons (Fsp3) is 0.208. The smallest absolute Gasteiger partial charge is 0.248 e. The molecule has 0 fully saturated rings. The van der Waals surface area contributed by atoms with Gasteiger partial charge in [0.1, 0.15) is 11.8 Å². The van der Waals surface area contributed by atoms with Gasteiger partial charge < -0.3 is 10.1 Å². The Hall–Kier alpha value is -3.03. The summed E-state index contributed by atoms with van der Waals surface area (Å²) in [5, 5.41) is 3.18. The second-order valence-electron chi connectivity index (χ2n) is 7.57. The number of carbonyl (C=O) groups is 1. The Balaban J connectivity index is 1.93. The lowest BCUT2D eigenvalue weighted by molar-refractivity contribution is -0.116. The Kier molecular flexibility index (Phi) is 7.11. The summed E-state index contributed by atoms with van der Waals surface area (Å²) < 4.78 is 32.3. The molecule has 168 valence electrons. The Morgan fingerprint density at radius 1 is 1.03 bits per heavy atom. The minimum Gasteiger partial charge on any atom is -0.455 e. The topological polar surface area (TPSA) is 75.7 Å². The van der Waals surface area contributed by atoms with E-state index in [0.29, 0.717) is 27.9 Å². The summed E-state index contributed by atoms with van der Waals surface area (Å²) in [5.41, 5.74) is 2.44. The van der Waals surface area contributed by atoms with Crippen LogP contribution in [0, 0.1) is 13.8 Å². The summed E-state index contributed by atoms with van der Waals surface area (Å²) in [7, 11) is -3.75. The van der Waals surface area contributed by atoms with Crippen LogP contribution in [0.2, 0.25) is 5.02 Å². The molecule has 1 N–H and O–H groups in total. The average molecular weight is 473 g/mol. The van der Waals surface area contributed by atoms with Crippen LogP contribution in [-0.2, 0) is 14.8 Å². The van der Waals surface area contributed by atoms with Gasteiger partial charge in [0.05, 0.1) is 17.6 Å². The number of rotatable bonds is 7. The van der Waals surface area contributed by atoms with Gasteiger partial charge in [0.25, 0.3) is 0 Å². The van der Waals surface area contributed by atoms with E-state index in [2.05, 4.69) is 5.32 Å². The van der Waals surface area contributed by atoms with Crippen molar-refractivity contribution in [1.82, 2.24) is 0 Å². The molecule has 8 heteroatoms. The maximum absolute atomic E-state index is 13.2.